The van der Waals surface area contributed by atoms with E-state index in [4.69, 9.17) is 0 Å². The molecule has 0 aromatic heterocycles. The summed E-state index contributed by atoms with van der Waals surface area (Å²) in [4.78, 5) is 2.36. The zero-order valence-electron chi connectivity index (χ0n) is 22.3. The van der Waals surface area contributed by atoms with Crippen LogP contribution in [0.5, 0.6) is 0 Å². The summed E-state index contributed by atoms with van der Waals surface area (Å²) in [6, 6.07) is 43.0. The van der Waals surface area contributed by atoms with E-state index in [1.165, 1.54) is 44.6 Å². The summed E-state index contributed by atoms with van der Waals surface area (Å²) in [5, 5.41) is 0. The van der Waals surface area contributed by atoms with E-state index in [1.807, 2.05) is 6.07 Å². The third-order valence-corrected chi connectivity index (χ3v) is 6.70. The second-order valence-electron chi connectivity index (χ2n) is 9.75. The summed E-state index contributed by atoms with van der Waals surface area (Å²) in [6.07, 6.45) is 8.64. The maximum absolute atomic E-state index is 2.36. The first-order chi connectivity index (χ1) is 18.6. The lowest BCUT2D eigenvalue weighted by Gasteiger charge is -2.29. The van der Waals surface area contributed by atoms with Gasteiger partial charge in [0, 0.05) is 11.4 Å². The number of para-hydroxylation sites is 1. The van der Waals surface area contributed by atoms with Crippen LogP contribution in [0.1, 0.15) is 38.9 Å². The van der Waals surface area contributed by atoms with E-state index in [9.17, 15) is 0 Å². The first-order valence-corrected chi connectivity index (χ1v) is 13.1. The maximum Gasteiger partial charge on any atom is 0.0520 e. The lowest BCUT2D eigenvalue weighted by molar-refractivity contribution is 1.20. The maximum atomic E-state index is 2.36. The quantitative estimate of drug-likeness (QED) is 0.205. The average Bonchev–Trinajstić information content (AvgIpc) is 2.95. The van der Waals surface area contributed by atoms with Crippen LogP contribution in [0.15, 0.2) is 121 Å². The molecule has 0 atom stereocenters. The molecule has 5 aromatic carbocycles. The Bertz CT molecular complexity index is 1520. The molecule has 38 heavy (non-hydrogen) atoms. The Hall–Kier alpha value is -4.62. The molecule has 1 nitrogen and oxygen atoms in total. The third kappa shape index (κ3) is 6.02. The van der Waals surface area contributed by atoms with Crippen molar-refractivity contribution < 1.29 is 0 Å². The lowest BCUT2D eigenvalue weighted by Crippen LogP contribution is -2.13. The summed E-state index contributed by atoms with van der Waals surface area (Å²) < 4.78 is 0. The normalized spacial score (nSPS) is 11.3. The highest BCUT2D eigenvalue weighted by Gasteiger charge is 2.16. The van der Waals surface area contributed by atoms with Gasteiger partial charge in [0.2, 0.25) is 0 Å². The highest BCUT2D eigenvalue weighted by Crippen LogP contribution is 2.39. The summed E-state index contributed by atoms with van der Waals surface area (Å²) in [6.45, 7) is 6.56. The van der Waals surface area contributed by atoms with Gasteiger partial charge < -0.3 is 4.90 Å². The Labute approximate surface area is 227 Å². The van der Waals surface area contributed by atoms with Crippen molar-refractivity contribution in [2.45, 2.75) is 20.8 Å². The minimum atomic E-state index is 1.15. The topological polar surface area (TPSA) is 3.24 Å². The van der Waals surface area contributed by atoms with E-state index in [1.54, 1.807) is 0 Å². The fourth-order valence-corrected chi connectivity index (χ4v) is 4.91. The fraction of sp³-hybridized carbons (Fsp3) is 0.0811. The van der Waals surface area contributed by atoms with Crippen LogP contribution in [0.2, 0.25) is 0 Å². The molecule has 5 aromatic rings. The fourth-order valence-electron chi connectivity index (χ4n) is 4.91. The summed E-state index contributed by atoms with van der Waals surface area (Å²) in [5.41, 5.74) is 12.1. The Kier molecular flexibility index (Phi) is 7.66. The Morgan fingerprint density at radius 2 is 0.789 bits per heavy atom. The number of hydrogen-bond donors (Lipinski definition) is 0. The zero-order chi connectivity index (χ0) is 26.3. The molecular formula is C37H33N. The van der Waals surface area contributed by atoms with Crippen molar-refractivity contribution in [3.05, 3.63) is 160 Å². The summed E-state index contributed by atoms with van der Waals surface area (Å²) in [7, 11) is 0. The van der Waals surface area contributed by atoms with Gasteiger partial charge in [-0.25, -0.2) is 0 Å². The number of rotatable bonds is 7. The molecular weight excluding hydrogens is 458 g/mol. The number of benzene rings is 5. The van der Waals surface area contributed by atoms with Gasteiger partial charge in [0.25, 0.3) is 0 Å². The largest absolute Gasteiger partial charge is 0.310 e. The molecule has 0 aliphatic heterocycles. The van der Waals surface area contributed by atoms with Crippen molar-refractivity contribution in [2.24, 2.45) is 0 Å². The molecule has 0 aliphatic carbocycles. The number of aryl methyl sites for hydroxylation is 3. The van der Waals surface area contributed by atoms with Gasteiger partial charge in [0.05, 0.1) is 5.69 Å². The molecule has 0 heterocycles. The highest BCUT2D eigenvalue weighted by atomic mass is 15.1. The second kappa shape index (κ2) is 11.6. The predicted molar refractivity (Wildman–Crippen MR) is 166 cm³/mol. The Morgan fingerprint density at radius 1 is 0.421 bits per heavy atom. The van der Waals surface area contributed by atoms with Gasteiger partial charge in [-0.1, -0.05) is 127 Å². The van der Waals surface area contributed by atoms with Crippen molar-refractivity contribution in [1.82, 2.24) is 0 Å². The second-order valence-corrected chi connectivity index (χ2v) is 9.75. The summed E-state index contributed by atoms with van der Waals surface area (Å²) in [5.74, 6) is 0. The molecule has 0 radical (unpaired) electrons. The van der Waals surface area contributed by atoms with Gasteiger partial charge >= 0.3 is 0 Å². The van der Waals surface area contributed by atoms with Crippen molar-refractivity contribution in [3.8, 4) is 0 Å². The van der Waals surface area contributed by atoms with Gasteiger partial charge in [-0.2, -0.15) is 0 Å². The molecule has 0 spiro atoms. The number of nitrogens with zero attached hydrogens (tertiary/aromatic N) is 1. The average molecular weight is 492 g/mol. The predicted octanol–water partition coefficient (Wildman–Crippen LogP) is 10.4. The summed E-state index contributed by atoms with van der Waals surface area (Å²) >= 11 is 0. The molecule has 5 rings (SSSR count). The van der Waals surface area contributed by atoms with E-state index in [-0.39, 0.29) is 0 Å². The van der Waals surface area contributed by atoms with E-state index in [0.717, 1.165) is 11.4 Å². The van der Waals surface area contributed by atoms with E-state index in [2.05, 4.69) is 165 Å². The van der Waals surface area contributed by atoms with Crippen LogP contribution in [0.25, 0.3) is 24.3 Å². The van der Waals surface area contributed by atoms with Crippen molar-refractivity contribution in [3.63, 3.8) is 0 Å². The number of hydrogen-bond acceptors (Lipinski definition) is 1. The van der Waals surface area contributed by atoms with Gasteiger partial charge in [-0.15, -0.1) is 0 Å². The van der Waals surface area contributed by atoms with Crippen molar-refractivity contribution in [2.75, 3.05) is 4.90 Å². The number of anilines is 3. The molecule has 0 saturated heterocycles. The molecule has 0 saturated carbocycles. The molecule has 0 N–H and O–H groups in total. The van der Waals surface area contributed by atoms with Gasteiger partial charge in [-0.3, -0.25) is 0 Å². The molecule has 186 valence electrons. The van der Waals surface area contributed by atoms with Crippen LogP contribution >= 0.6 is 0 Å². The minimum absolute atomic E-state index is 1.15. The van der Waals surface area contributed by atoms with Crippen LogP contribution < -0.4 is 4.90 Å². The van der Waals surface area contributed by atoms with Crippen LogP contribution in [0.3, 0.4) is 0 Å². The molecule has 0 bridgehead atoms. The molecule has 0 amide bonds. The molecule has 0 fully saturated rings. The Balaban J connectivity index is 1.36. The minimum Gasteiger partial charge on any atom is -0.310 e. The lowest BCUT2D eigenvalue weighted by atomic mass is 10.0. The van der Waals surface area contributed by atoms with Crippen LogP contribution in [0, 0.1) is 20.8 Å². The smallest absolute Gasteiger partial charge is 0.0520 e. The van der Waals surface area contributed by atoms with Crippen LogP contribution in [0.4, 0.5) is 17.1 Å². The van der Waals surface area contributed by atoms with Crippen molar-refractivity contribution >= 4 is 41.4 Å². The standard InChI is InChI=1S/C37H33N/c1-28-26-29(2)37(30(3)27-28)38(35-12-8-5-9-13-35)36-24-22-34(23-25-36)21-20-33-18-16-32(17-19-33)15-14-31-10-6-4-7-11-31/h4-27H,1-3H3. The SMILES string of the molecule is Cc1cc(C)c(N(c2ccccc2)c2ccc(C=Cc3ccc(C=Cc4ccccc4)cc3)cc2)c(C)c1. The van der Waals surface area contributed by atoms with E-state index >= 15 is 0 Å². The zero-order valence-corrected chi connectivity index (χ0v) is 22.3. The van der Waals surface area contributed by atoms with Gasteiger partial charge in [0.1, 0.15) is 0 Å². The van der Waals surface area contributed by atoms with E-state index < -0.39 is 0 Å². The van der Waals surface area contributed by atoms with Gasteiger partial charge in [0.15, 0.2) is 0 Å². The highest BCUT2D eigenvalue weighted by molar-refractivity contribution is 5.81. The van der Waals surface area contributed by atoms with Crippen LogP contribution in [-0.4, -0.2) is 0 Å². The Morgan fingerprint density at radius 3 is 1.26 bits per heavy atom. The molecule has 0 unspecified atom stereocenters. The first kappa shape index (κ1) is 25.0. The van der Waals surface area contributed by atoms with Gasteiger partial charge in [-0.05, 0) is 78.4 Å². The van der Waals surface area contributed by atoms with Crippen LogP contribution in [-0.2, 0) is 0 Å². The van der Waals surface area contributed by atoms with E-state index in [0.29, 0.717) is 0 Å². The van der Waals surface area contributed by atoms with Crippen molar-refractivity contribution in [1.29, 1.82) is 0 Å². The third-order valence-electron chi connectivity index (χ3n) is 6.70. The monoisotopic (exact) mass is 491 g/mol. The molecule has 0 aliphatic rings. The first-order valence-electron chi connectivity index (χ1n) is 13.1. The molecule has 1 heteroatoms.